The molecular formula is C13H13FN2O2. The summed E-state index contributed by atoms with van der Waals surface area (Å²) in [5.74, 6) is 0.133. The Morgan fingerprint density at radius 3 is 2.89 bits per heavy atom. The molecule has 1 heterocycles. The fraction of sp³-hybridized carbons (Fsp3) is 0.154. The molecule has 0 aliphatic rings. The molecule has 2 rings (SSSR count). The van der Waals surface area contributed by atoms with Crippen LogP contribution in [0.25, 0.3) is 0 Å². The van der Waals surface area contributed by atoms with Crippen molar-refractivity contribution < 1.29 is 13.6 Å². The lowest BCUT2D eigenvalue weighted by Crippen LogP contribution is -2.07. The number of carbonyl (C=O) groups excluding carboxylic acids is 1. The summed E-state index contributed by atoms with van der Waals surface area (Å²) in [7, 11) is 0. The van der Waals surface area contributed by atoms with Crippen LogP contribution in [0, 0.1) is 5.82 Å². The third kappa shape index (κ3) is 3.10. The van der Waals surface area contributed by atoms with Gasteiger partial charge in [-0.2, -0.15) is 0 Å². The van der Waals surface area contributed by atoms with Gasteiger partial charge in [0.2, 0.25) is 5.91 Å². The van der Waals surface area contributed by atoms with Gasteiger partial charge < -0.3 is 15.1 Å². The summed E-state index contributed by atoms with van der Waals surface area (Å²) in [6, 6.07) is 7.91. The van der Waals surface area contributed by atoms with Crippen molar-refractivity contribution in [2.45, 2.75) is 13.5 Å². The Labute approximate surface area is 104 Å². The number of halogens is 1. The fourth-order valence-corrected chi connectivity index (χ4v) is 1.54. The van der Waals surface area contributed by atoms with Crippen LogP contribution in [-0.4, -0.2) is 5.91 Å². The van der Waals surface area contributed by atoms with Gasteiger partial charge in [0.15, 0.2) is 0 Å². The molecule has 1 amide bonds. The van der Waals surface area contributed by atoms with E-state index in [4.69, 9.17) is 4.42 Å². The molecule has 1 aromatic heterocycles. The number of hydrogen-bond donors (Lipinski definition) is 2. The van der Waals surface area contributed by atoms with Crippen LogP contribution < -0.4 is 10.6 Å². The summed E-state index contributed by atoms with van der Waals surface area (Å²) in [4.78, 5) is 10.9. The van der Waals surface area contributed by atoms with E-state index in [1.807, 2.05) is 0 Å². The molecule has 0 saturated carbocycles. The van der Waals surface area contributed by atoms with E-state index in [1.54, 1.807) is 24.5 Å². The molecule has 0 radical (unpaired) electrons. The van der Waals surface area contributed by atoms with Crippen LogP contribution >= 0.6 is 0 Å². The topological polar surface area (TPSA) is 54.3 Å². The molecule has 4 nitrogen and oxygen atoms in total. The third-order valence-corrected chi connectivity index (χ3v) is 2.32. The molecular weight excluding hydrogens is 235 g/mol. The van der Waals surface area contributed by atoms with Gasteiger partial charge in [0.25, 0.3) is 0 Å². The van der Waals surface area contributed by atoms with Gasteiger partial charge >= 0.3 is 0 Å². The molecule has 5 heteroatoms. The summed E-state index contributed by atoms with van der Waals surface area (Å²) in [6.07, 6.45) is 1.56. The lowest BCUT2D eigenvalue weighted by Gasteiger charge is -2.08. The van der Waals surface area contributed by atoms with E-state index in [-0.39, 0.29) is 11.7 Å². The van der Waals surface area contributed by atoms with Crippen molar-refractivity contribution in [2.24, 2.45) is 0 Å². The maximum Gasteiger partial charge on any atom is 0.221 e. The number of rotatable bonds is 4. The molecule has 94 valence electrons. The molecule has 2 aromatic rings. The van der Waals surface area contributed by atoms with E-state index in [1.165, 1.54) is 19.1 Å². The SMILES string of the molecule is CC(=O)Nc1ccc(F)c(NCc2ccco2)c1. The number of carbonyl (C=O) groups is 1. The highest BCUT2D eigenvalue weighted by atomic mass is 19.1. The zero-order chi connectivity index (χ0) is 13.0. The van der Waals surface area contributed by atoms with Crippen LogP contribution in [0.3, 0.4) is 0 Å². The maximum absolute atomic E-state index is 13.5. The normalized spacial score (nSPS) is 10.1. The lowest BCUT2D eigenvalue weighted by atomic mass is 10.2. The second kappa shape index (κ2) is 5.35. The van der Waals surface area contributed by atoms with Gasteiger partial charge in [-0.3, -0.25) is 4.79 Å². The second-order valence-electron chi connectivity index (χ2n) is 3.81. The molecule has 0 bridgehead atoms. The van der Waals surface area contributed by atoms with Crippen molar-refractivity contribution in [1.82, 2.24) is 0 Å². The highest BCUT2D eigenvalue weighted by Crippen LogP contribution is 2.20. The summed E-state index contributed by atoms with van der Waals surface area (Å²) >= 11 is 0. The molecule has 2 N–H and O–H groups in total. The molecule has 0 atom stereocenters. The number of furan rings is 1. The number of benzene rings is 1. The molecule has 18 heavy (non-hydrogen) atoms. The molecule has 1 aromatic carbocycles. The first-order chi connectivity index (χ1) is 8.65. The van der Waals surface area contributed by atoms with Crippen LogP contribution in [0.2, 0.25) is 0 Å². The Balaban J connectivity index is 2.08. The number of amides is 1. The quantitative estimate of drug-likeness (QED) is 0.874. The molecule has 0 spiro atoms. The predicted octanol–water partition coefficient (Wildman–Crippen LogP) is 2.99. The first-order valence-electron chi connectivity index (χ1n) is 5.48. The number of nitrogens with one attached hydrogen (secondary N) is 2. The van der Waals surface area contributed by atoms with E-state index in [9.17, 15) is 9.18 Å². The first-order valence-corrected chi connectivity index (χ1v) is 5.48. The van der Waals surface area contributed by atoms with Crippen molar-refractivity contribution in [3.8, 4) is 0 Å². The average molecular weight is 248 g/mol. The van der Waals surface area contributed by atoms with Crippen molar-refractivity contribution in [1.29, 1.82) is 0 Å². The van der Waals surface area contributed by atoms with Crippen molar-refractivity contribution in [2.75, 3.05) is 10.6 Å². The molecule has 0 aliphatic carbocycles. The van der Waals surface area contributed by atoms with Crippen LogP contribution in [0.1, 0.15) is 12.7 Å². The highest BCUT2D eigenvalue weighted by Gasteiger charge is 2.05. The Morgan fingerprint density at radius 2 is 2.22 bits per heavy atom. The molecule has 0 fully saturated rings. The van der Waals surface area contributed by atoms with Crippen molar-refractivity contribution in [3.05, 3.63) is 48.2 Å². The maximum atomic E-state index is 13.5. The molecule has 0 unspecified atom stereocenters. The zero-order valence-corrected chi connectivity index (χ0v) is 9.87. The van der Waals surface area contributed by atoms with Gasteiger partial charge in [0, 0.05) is 12.6 Å². The van der Waals surface area contributed by atoms with Gasteiger partial charge in [0.05, 0.1) is 18.5 Å². The minimum absolute atomic E-state index is 0.196. The van der Waals surface area contributed by atoms with Crippen LogP contribution in [-0.2, 0) is 11.3 Å². The second-order valence-corrected chi connectivity index (χ2v) is 3.81. The van der Waals surface area contributed by atoms with E-state index >= 15 is 0 Å². The highest BCUT2D eigenvalue weighted by molar-refractivity contribution is 5.89. The van der Waals surface area contributed by atoms with E-state index in [0.717, 1.165) is 0 Å². The van der Waals surface area contributed by atoms with E-state index < -0.39 is 0 Å². The number of anilines is 2. The monoisotopic (exact) mass is 248 g/mol. The standard InChI is InChI=1S/C13H13FN2O2/c1-9(17)16-10-4-5-12(14)13(7-10)15-8-11-3-2-6-18-11/h2-7,15H,8H2,1H3,(H,16,17). The Hall–Kier alpha value is -2.30. The minimum Gasteiger partial charge on any atom is -0.467 e. The number of hydrogen-bond acceptors (Lipinski definition) is 3. The Morgan fingerprint density at radius 1 is 1.39 bits per heavy atom. The van der Waals surface area contributed by atoms with Gasteiger partial charge in [-0.15, -0.1) is 0 Å². The first kappa shape index (κ1) is 12.2. The van der Waals surface area contributed by atoms with Gasteiger partial charge in [-0.25, -0.2) is 4.39 Å². The van der Waals surface area contributed by atoms with Crippen molar-refractivity contribution in [3.63, 3.8) is 0 Å². The van der Waals surface area contributed by atoms with E-state index in [0.29, 0.717) is 23.7 Å². The Bertz CT molecular complexity index is 538. The zero-order valence-electron chi connectivity index (χ0n) is 9.87. The third-order valence-electron chi connectivity index (χ3n) is 2.32. The van der Waals surface area contributed by atoms with E-state index in [2.05, 4.69) is 10.6 Å². The predicted molar refractivity (Wildman–Crippen MR) is 66.7 cm³/mol. The smallest absolute Gasteiger partial charge is 0.221 e. The van der Waals surface area contributed by atoms with Crippen molar-refractivity contribution >= 4 is 17.3 Å². The van der Waals surface area contributed by atoms with Gasteiger partial charge in [0.1, 0.15) is 11.6 Å². The summed E-state index contributed by atoms with van der Waals surface area (Å²) in [5, 5.41) is 5.51. The fourth-order valence-electron chi connectivity index (χ4n) is 1.54. The lowest BCUT2D eigenvalue weighted by molar-refractivity contribution is -0.114. The van der Waals surface area contributed by atoms with Crippen LogP contribution in [0.5, 0.6) is 0 Å². The summed E-state index contributed by atoms with van der Waals surface area (Å²) < 4.78 is 18.7. The molecule has 0 aliphatic heterocycles. The van der Waals surface area contributed by atoms with Gasteiger partial charge in [-0.1, -0.05) is 0 Å². The molecule has 0 saturated heterocycles. The summed E-state index contributed by atoms with van der Waals surface area (Å²) in [5.41, 5.74) is 0.864. The Kier molecular flexibility index (Phi) is 3.62. The van der Waals surface area contributed by atoms with Crippen LogP contribution in [0.4, 0.5) is 15.8 Å². The average Bonchev–Trinajstić information content (AvgIpc) is 2.82. The largest absolute Gasteiger partial charge is 0.467 e. The summed E-state index contributed by atoms with van der Waals surface area (Å²) in [6.45, 7) is 1.78. The van der Waals surface area contributed by atoms with Gasteiger partial charge in [-0.05, 0) is 30.3 Å². The minimum atomic E-state index is -0.379. The van der Waals surface area contributed by atoms with Crippen LogP contribution in [0.15, 0.2) is 41.0 Å².